The van der Waals surface area contributed by atoms with E-state index in [2.05, 4.69) is 65.0 Å². The Kier molecular flexibility index (Phi) is 6.30. The van der Waals surface area contributed by atoms with Crippen LogP contribution in [-0.2, 0) is 9.53 Å². The van der Waals surface area contributed by atoms with Crippen LogP contribution >= 0.6 is 11.6 Å². The minimum Gasteiger partial charge on any atom is -0.378 e. The number of aromatic amines is 1. The molecule has 1 amide bonds. The van der Waals surface area contributed by atoms with Crippen molar-refractivity contribution in [1.29, 1.82) is 0 Å². The third-order valence-electron chi connectivity index (χ3n) is 10.4. The van der Waals surface area contributed by atoms with Gasteiger partial charge in [0.1, 0.15) is 0 Å². The van der Waals surface area contributed by atoms with E-state index in [1.165, 1.54) is 6.08 Å². The minimum absolute atomic E-state index is 0.0311. The number of nitrogens with one attached hydrogen (secondary N) is 1. The molecule has 4 aliphatic rings. The number of piperazine rings is 1. The molecular formula is C31H40ClN7O2. The number of ether oxygens (including phenoxy) is 1. The van der Waals surface area contributed by atoms with Gasteiger partial charge in [0.05, 0.1) is 47.6 Å². The lowest BCUT2D eigenvalue weighted by Crippen LogP contribution is -2.65. The smallest absolute Gasteiger partial charge is 0.245 e. The number of fused-ring (bicyclic) bond motifs is 1. The first kappa shape index (κ1) is 27.0. The maximum Gasteiger partial charge on any atom is 0.245 e. The van der Waals surface area contributed by atoms with E-state index in [4.69, 9.17) is 21.4 Å². The molecule has 3 aromatic rings. The lowest BCUT2D eigenvalue weighted by atomic mass is 9.60. The highest BCUT2D eigenvalue weighted by atomic mass is 35.5. The molecular weight excluding hydrogens is 538 g/mol. The molecule has 41 heavy (non-hydrogen) atoms. The monoisotopic (exact) mass is 577 g/mol. The largest absolute Gasteiger partial charge is 0.378 e. The van der Waals surface area contributed by atoms with Crippen molar-refractivity contribution in [3.05, 3.63) is 41.2 Å². The van der Waals surface area contributed by atoms with Crippen molar-refractivity contribution in [2.24, 2.45) is 5.41 Å². The molecule has 1 aromatic carbocycles. The molecule has 3 aliphatic heterocycles. The number of nitrogens with zero attached hydrogens (tertiary/aromatic N) is 6. The van der Waals surface area contributed by atoms with Crippen molar-refractivity contribution in [2.75, 3.05) is 50.8 Å². The summed E-state index contributed by atoms with van der Waals surface area (Å²) in [5.74, 6) is 1.05. The van der Waals surface area contributed by atoms with Crippen LogP contribution in [0.1, 0.15) is 50.4 Å². The van der Waals surface area contributed by atoms with Crippen molar-refractivity contribution in [1.82, 2.24) is 29.8 Å². The zero-order valence-electron chi connectivity index (χ0n) is 24.5. The average molecular weight is 578 g/mol. The van der Waals surface area contributed by atoms with E-state index >= 15 is 0 Å². The van der Waals surface area contributed by atoms with Gasteiger partial charge in [-0.3, -0.25) is 19.5 Å². The van der Waals surface area contributed by atoms with E-state index in [1.54, 1.807) is 0 Å². The molecule has 1 aliphatic carbocycles. The second-order valence-electron chi connectivity index (χ2n) is 13.1. The molecule has 1 atom stereocenters. The summed E-state index contributed by atoms with van der Waals surface area (Å²) in [5, 5.41) is 14.8. The quantitative estimate of drug-likeness (QED) is 0.426. The molecule has 1 spiro atoms. The number of benzene rings is 1. The van der Waals surface area contributed by atoms with Crippen LogP contribution in [0.2, 0.25) is 5.02 Å². The molecule has 1 saturated carbocycles. The van der Waals surface area contributed by atoms with E-state index in [0.717, 1.165) is 109 Å². The molecule has 218 valence electrons. The van der Waals surface area contributed by atoms with Crippen LogP contribution < -0.4 is 4.90 Å². The third-order valence-corrected chi connectivity index (χ3v) is 10.9. The number of halogens is 1. The van der Waals surface area contributed by atoms with Crippen LogP contribution in [0.4, 0.5) is 5.82 Å². The summed E-state index contributed by atoms with van der Waals surface area (Å²) >= 11 is 7.15. The summed E-state index contributed by atoms with van der Waals surface area (Å²) in [4.78, 5) is 19.1. The van der Waals surface area contributed by atoms with Crippen LogP contribution in [-0.4, -0.2) is 93.2 Å². The van der Waals surface area contributed by atoms with Gasteiger partial charge in [-0.05, 0) is 57.7 Å². The summed E-state index contributed by atoms with van der Waals surface area (Å²) in [7, 11) is 0. The zero-order valence-corrected chi connectivity index (χ0v) is 25.3. The highest BCUT2D eigenvalue weighted by molar-refractivity contribution is 6.36. The first-order chi connectivity index (χ1) is 19.7. The molecule has 0 unspecified atom stereocenters. The SMILES string of the molecule is C=CC(=O)N1CC2(CC(n3nc(N4CCN(C5COC5)C[C@@]4(C)CC)c(-c4c(Cl)c(C)cc5[nH]ncc45)c3C)C2)C1. The number of carbonyl (C=O) groups is 1. The van der Waals surface area contributed by atoms with Gasteiger partial charge in [0.2, 0.25) is 5.91 Å². The Morgan fingerprint density at radius 2 is 1.95 bits per heavy atom. The molecule has 4 fully saturated rings. The molecule has 0 radical (unpaired) electrons. The van der Waals surface area contributed by atoms with Crippen molar-refractivity contribution in [2.45, 2.75) is 64.6 Å². The Balaban J connectivity index is 1.30. The maximum atomic E-state index is 12.1. The number of hydrogen-bond donors (Lipinski definition) is 1. The number of H-pyrrole nitrogens is 1. The summed E-state index contributed by atoms with van der Waals surface area (Å²) in [6, 6.07) is 2.89. The second-order valence-corrected chi connectivity index (χ2v) is 13.4. The van der Waals surface area contributed by atoms with Crippen LogP contribution in [0, 0.1) is 19.3 Å². The third kappa shape index (κ3) is 4.07. The Labute approximate surface area is 246 Å². The number of rotatable bonds is 6. The average Bonchev–Trinajstić information content (AvgIpc) is 3.46. The van der Waals surface area contributed by atoms with E-state index in [-0.39, 0.29) is 16.9 Å². The maximum absolute atomic E-state index is 12.1. The van der Waals surface area contributed by atoms with Gasteiger partial charge in [-0.1, -0.05) is 25.1 Å². The Bertz CT molecular complexity index is 1530. The number of aromatic nitrogens is 4. The van der Waals surface area contributed by atoms with Crippen LogP contribution in [0.15, 0.2) is 24.9 Å². The topological polar surface area (TPSA) is 82.5 Å². The molecule has 2 aromatic heterocycles. The lowest BCUT2D eigenvalue weighted by Gasteiger charge is -2.58. The number of anilines is 1. The lowest BCUT2D eigenvalue weighted by molar-refractivity contribution is -0.149. The number of aryl methyl sites for hydroxylation is 1. The van der Waals surface area contributed by atoms with E-state index in [0.29, 0.717) is 12.1 Å². The number of amides is 1. The first-order valence-electron chi connectivity index (χ1n) is 14.9. The molecule has 3 saturated heterocycles. The molecule has 1 N–H and O–H groups in total. The predicted octanol–water partition coefficient (Wildman–Crippen LogP) is 4.74. The van der Waals surface area contributed by atoms with E-state index in [9.17, 15) is 4.79 Å². The van der Waals surface area contributed by atoms with Gasteiger partial charge < -0.3 is 14.5 Å². The van der Waals surface area contributed by atoms with Gasteiger partial charge in [0.15, 0.2) is 5.82 Å². The fraction of sp³-hybridized carbons (Fsp3) is 0.581. The normalized spacial score (nSPS) is 24.9. The molecule has 10 heteroatoms. The first-order valence-corrected chi connectivity index (χ1v) is 15.3. The number of likely N-dealkylation sites (tertiary alicyclic amines) is 1. The fourth-order valence-electron chi connectivity index (χ4n) is 7.72. The molecule has 5 heterocycles. The highest BCUT2D eigenvalue weighted by Gasteiger charge is 2.55. The van der Waals surface area contributed by atoms with Gasteiger partial charge >= 0.3 is 0 Å². The second kappa shape index (κ2) is 9.57. The predicted molar refractivity (Wildman–Crippen MR) is 162 cm³/mol. The standard InChI is InChI=1S/C31H40ClN7O2/c1-6-25(40)37-17-31(18-37)11-21(12-31)39-20(4)26(27-23-13-33-34-24(23)10-19(3)28(27)32)29(35-39)38-9-8-36(22-14-41-15-22)16-30(38,5)7-2/h6,10,13,21-22H,1,7-9,11-12,14-18H2,2-5H3,(H,33,34)/t30-/m1/s1. The van der Waals surface area contributed by atoms with Crippen molar-refractivity contribution in [3.63, 3.8) is 0 Å². The van der Waals surface area contributed by atoms with Gasteiger partial charge in [-0.2, -0.15) is 10.2 Å². The van der Waals surface area contributed by atoms with Crippen LogP contribution in [0.5, 0.6) is 0 Å². The highest BCUT2D eigenvalue weighted by Crippen LogP contribution is 2.56. The molecule has 7 rings (SSSR count). The molecule has 9 nitrogen and oxygen atoms in total. The molecule has 0 bridgehead atoms. The van der Waals surface area contributed by atoms with Gasteiger partial charge in [-0.15, -0.1) is 0 Å². The van der Waals surface area contributed by atoms with Gasteiger partial charge in [0, 0.05) is 60.3 Å². The van der Waals surface area contributed by atoms with Crippen molar-refractivity contribution < 1.29 is 9.53 Å². The van der Waals surface area contributed by atoms with Crippen molar-refractivity contribution >= 4 is 34.2 Å². The summed E-state index contributed by atoms with van der Waals surface area (Å²) in [6.07, 6.45) is 6.37. The Hall–Kier alpha value is -2.88. The summed E-state index contributed by atoms with van der Waals surface area (Å²) < 4.78 is 7.80. The van der Waals surface area contributed by atoms with Crippen LogP contribution in [0.25, 0.3) is 22.0 Å². The van der Waals surface area contributed by atoms with E-state index < -0.39 is 0 Å². The fourth-order valence-corrected chi connectivity index (χ4v) is 7.97. The van der Waals surface area contributed by atoms with Gasteiger partial charge in [-0.25, -0.2) is 0 Å². The Morgan fingerprint density at radius 1 is 1.20 bits per heavy atom. The Morgan fingerprint density at radius 3 is 2.61 bits per heavy atom. The summed E-state index contributed by atoms with van der Waals surface area (Å²) in [5.41, 5.74) is 5.40. The minimum atomic E-state index is -0.0830. The van der Waals surface area contributed by atoms with E-state index in [1.807, 2.05) is 11.1 Å². The number of hydrogen-bond acceptors (Lipinski definition) is 6. The zero-order chi connectivity index (χ0) is 28.7. The van der Waals surface area contributed by atoms with Crippen LogP contribution in [0.3, 0.4) is 0 Å². The number of carbonyl (C=O) groups excluding carboxylic acids is 1. The summed E-state index contributed by atoms with van der Waals surface area (Å²) in [6.45, 7) is 18.7. The van der Waals surface area contributed by atoms with Crippen molar-refractivity contribution in [3.8, 4) is 11.1 Å². The van der Waals surface area contributed by atoms with Gasteiger partial charge in [0.25, 0.3) is 0 Å².